The smallest absolute Gasteiger partial charge is 0.272 e. The van der Waals surface area contributed by atoms with Gasteiger partial charge in [0.15, 0.2) is 0 Å². The van der Waals surface area contributed by atoms with Gasteiger partial charge in [0.1, 0.15) is 5.69 Å². The van der Waals surface area contributed by atoms with Crippen LogP contribution in [0.25, 0.3) is 10.9 Å². The van der Waals surface area contributed by atoms with E-state index < -0.39 is 10.8 Å². The number of non-ortho nitro benzene ring substituents is 1. The molecule has 1 aromatic heterocycles. The van der Waals surface area contributed by atoms with Gasteiger partial charge in [0.2, 0.25) is 0 Å². The molecule has 0 saturated heterocycles. The Labute approximate surface area is 142 Å². The number of hydrogen-bond donors (Lipinski definition) is 2. The average molecular weight is 344 g/mol. The van der Waals surface area contributed by atoms with Gasteiger partial charge >= 0.3 is 0 Å². The molecule has 7 heteroatoms. The van der Waals surface area contributed by atoms with Crippen LogP contribution in [0.3, 0.4) is 0 Å². The van der Waals surface area contributed by atoms with Gasteiger partial charge in [-0.1, -0.05) is 23.2 Å². The number of hydrogen-bond acceptors (Lipinski definition) is 3. The zero-order valence-electron chi connectivity index (χ0n) is 13.0. The SMILES string of the molecule is Cc1ccc2[nH]c(C(=O)Nc3cc([N+](=O)[O-])ccc3Cl)c(C)c2c1. The minimum absolute atomic E-state index is 0.140. The summed E-state index contributed by atoms with van der Waals surface area (Å²) in [5.41, 5.74) is 3.22. The number of H-pyrrole nitrogens is 1. The molecular weight excluding hydrogens is 330 g/mol. The highest BCUT2D eigenvalue weighted by Crippen LogP contribution is 2.28. The maximum Gasteiger partial charge on any atom is 0.272 e. The molecule has 2 N–H and O–H groups in total. The first-order chi connectivity index (χ1) is 11.4. The second kappa shape index (κ2) is 5.98. The fraction of sp³-hybridized carbons (Fsp3) is 0.118. The van der Waals surface area contributed by atoms with Crippen molar-refractivity contribution in [3.8, 4) is 0 Å². The minimum Gasteiger partial charge on any atom is -0.350 e. The molecule has 0 unspecified atom stereocenters. The molecule has 1 amide bonds. The number of nitrogens with one attached hydrogen (secondary N) is 2. The first-order valence-electron chi connectivity index (χ1n) is 7.21. The van der Waals surface area contributed by atoms with Crippen molar-refractivity contribution in [1.82, 2.24) is 4.98 Å². The molecule has 24 heavy (non-hydrogen) atoms. The van der Waals surface area contributed by atoms with E-state index in [0.29, 0.717) is 5.69 Å². The maximum absolute atomic E-state index is 12.6. The van der Waals surface area contributed by atoms with Crippen LogP contribution >= 0.6 is 11.6 Å². The standard InChI is InChI=1S/C17H14ClN3O3/c1-9-3-6-14-12(7-9)10(2)16(19-14)17(22)20-15-8-11(21(23)24)4-5-13(15)18/h3-8,19H,1-2H3,(H,20,22). The molecule has 0 saturated carbocycles. The van der Waals surface area contributed by atoms with E-state index >= 15 is 0 Å². The van der Waals surface area contributed by atoms with E-state index in [-0.39, 0.29) is 16.4 Å². The average Bonchev–Trinajstić information content (AvgIpc) is 2.86. The van der Waals surface area contributed by atoms with Crippen LogP contribution in [0.1, 0.15) is 21.6 Å². The molecule has 0 aliphatic carbocycles. The predicted octanol–water partition coefficient (Wildman–Crippen LogP) is 4.60. The second-order valence-corrected chi connectivity index (χ2v) is 5.96. The third-order valence-corrected chi connectivity index (χ3v) is 4.18. The highest BCUT2D eigenvalue weighted by atomic mass is 35.5. The lowest BCUT2D eigenvalue weighted by Gasteiger charge is -2.07. The molecule has 3 rings (SSSR count). The predicted molar refractivity (Wildman–Crippen MR) is 93.8 cm³/mol. The lowest BCUT2D eigenvalue weighted by Crippen LogP contribution is -2.14. The van der Waals surface area contributed by atoms with E-state index in [0.717, 1.165) is 22.0 Å². The monoisotopic (exact) mass is 343 g/mol. The molecular formula is C17H14ClN3O3. The first-order valence-corrected chi connectivity index (χ1v) is 7.59. The third kappa shape index (κ3) is 2.83. The van der Waals surface area contributed by atoms with Crippen molar-refractivity contribution in [1.29, 1.82) is 0 Å². The van der Waals surface area contributed by atoms with Gasteiger partial charge in [-0.05, 0) is 37.6 Å². The van der Waals surface area contributed by atoms with Crippen LogP contribution in [-0.2, 0) is 0 Å². The third-order valence-electron chi connectivity index (χ3n) is 3.85. The molecule has 2 aromatic carbocycles. The number of halogens is 1. The Balaban J connectivity index is 1.97. The number of benzene rings is 2. The highest BCUT2D eigenvalue weighted by molar-refractivity contribution is 6.34. The molecule has 0 aliphatic heterocycles. The molecule has 0 bridgehead atoms. The largest absolute Gasteiger partial charge is 0.350 e. The van der Waals surface area contributed by atoms with Gasteiger partial charge in [0.25, 0.3) is 11.6 Å². The van der Waals surface area contributed by atoms with Crippen molar-refractivity contribution in [2.75, 3.05) is 5.32 Å². The van der Waals surface area contributed by atoms with E-state index in [1.54, 1.807) is 0 Å². The van der Waals surface area contributed by atoms with Gasteiger partial charge in [-0.25, -0.2) is 0 Å². The van der Waals surface area contributed by atoms with Crippen LogP contribution in [0.4, 0.5) is 11.4 Å². The summed E-state index contributed by atoms with van der Waals surface area (Å²) in [6.45, 7) is 3.83. The van der Waals surface area contributed by atoms with Crippen LogP contribution in [0, 0.1) is 24.0 Å². The molecule has 0 fully saturated rings. The van der Waals surface area contributed by atoms with Crippen molar-refractivity contribution < 1.29 is 9.72 Å². The van der Waals surface area contributed by atoms with Gasteiger partial charge in [0, 0.05) is 23.0 Å². The quantitative estimate of drug-likeness (QED) is 0.538. The van der Waals surface area contributed by atoms with E-state index in [1.807, 2.05) is 32.0 Å². The van der Waals surface area contributed by atoms with E-state index in [4.69, 9.17) is 11.6 Å². The van der Waals surface area contributed by atoms with Crippen LogP contribution in [-0.4, -0.2) is 15.8 Å². The number of rotatable bonds is 3. The number of nitro benzene ring substituents is 1. The summed E-state index contributed by atoms with van der Waals surface area (Å²) in [5, 5.41) is 14.7. The van der Waals surface area contributed by atoms with Crippen LogP contribution in [0.15, 0.2) is 36.4 Å². The van der Waals surface area contributed by atoms with Gasteiger partial charge < -0.3 is 10.3 Å². The number of aromatic amines is 1. The van der Waals surface area contributed by atoms with Gasteiger partial charge in [0.05, 0.1) is 15.6 Å². The van der Waals surface area contributed by atoms with Crippen LogP contribution in [0.2, 0.25) is 5.02 Å². The zero-order valence-corrected chi connectivity index (χ0v) is 13.8. The molecule has 0 atom stereocenters. The van der Waals surface area contributed by atoms with Crippen molar-refractivity contribution in [3.63, 3.8) is 0 Å². The Morgan fingerprint density at radius 3 is 2.67 bits per heavy atom. The molecule has 1 heterocycles. The fourth-order valence-corrected chi connectivity index (χ4v) is 2.74. The Morgan fingerprint density at radius 1 is 1.21 bits per heavy atom. The fourth-order valence-electron chi connectivity index (χ4n) is 2.57. The van der Waals surface area contributed by atoms with Crippen molar-refractivity contribution in [3.05, 3.63) is 68.4 Å². The Hall–Kier alpha value is -2.86. The van der Waals surface area contributed by atoms with Gasteiger partial charge in [-0.15, -0.1) is 0 Å². The molecule has 3 aromatic rings. The number of nitro groups is 1. The summed E-state index contributed by atoms with van der Waals surface area (Å²) in [6, 6.07) is 9.78. The minimum atomic E-state index is -0.539. The lowest BCUT2D eigenvalue weighted by molar-refractivity contribution is -0.384. The summed E-state index contributed by atoms with van der Waals surface area (Å²) in [5.74, 6) is -0.399. The van der Waals surface area contributed by atoms with Crippen molar-refractivity contribution >= 4 is 39.8 Å². The lowest BCUT2D eigenvalue weighted by atomic mass is 10.1. The summed E-state index contributed by atoms with van der Waals surface area (Å²) in [7, 11) is 0. The maximum atomic E-state index is 12.6. The Kier molecular flexibility index (Phi) is 3.99. The van der Waals surface area contributed by atoms with Gasteiger partial charge in [-0.3, -0.25) is 14.9 Å². The second-order valence-electron chi connectivity index (χ2n) is 5.55. The number of nitrogens with zero attached hydrogens (tertiary/aromatic N) is 1. The summed E-state index contributed by atoms with van der Waals surface area (Å²) in [4.78, 5) is 26.0. The number of anilines is 1. The first kappa shape index (κ1) is 16.0. The topological polar surface area (TPSA) is 88.0 Å². The summed E-state index contributed by atoms with van der Waals surface area (Å²) >= 11 is 6.02. The van der Waals surface area contributed by atoms with Crippen LogP contribution in [0.5, 0.6) is 0 Å². The zero-order chi connectivity index (χ0) is 17.4. The molecule has 0 spiro atoms. The highest BCUT2D eigenvalue weighted by Gasteiger charge is 2.17. The normalized spacial score (nSPS) is 10.8. The Bertz CT molecular complexity index is 979. The number of fused-ring (bicyclic) bond motifs is 1. The van der Waals surface area contributed by atoms with E-state index in [9.17, 15) is 14.9 Å². The molecule has 6 nitrogen and oxygen atoms in total. The van der Waals surface area contributed by atoms with Crippen molar-refractivity contribution in [2.24, 2.45) is 0 Å². The van der Waals surface area contributed by atoms with E-state index in [1.165, 1.54) is 18.2 Å². The summed E-state index contributed by atoms with van der Waals surface area (Å²) in [6.07, 6.45) is 0. The number of amides is 1. The number of carbonyl (C=O) groups excluding carboxylic acids is 1. The molecule has 0 aliphatic rings. The van der Waals surface area contributed by atoms with Crippen molar-refractivity contribution in [2.45, 2.75) is 13.8 Å². The summed E-state index contributed by atoms with van der Waals surface area (Å²) < 4.78 is 0. The number of aromatic nitrogens is 1. The molecule has 0 radical (unpaired) electrons. The number of aryl methyl sites for hydroxylation is 2. The van der Waals surface area contributed by atoms with Crippen LogP contribution < -0.4 is 5.32 Å². The number of carbonyl (C=O) groups is 1. The van der Waals surface area contributed by atoms with E-state index in [2.05, 4.69) is 10.3 Å². The van der Waals surface area contributed by atoms with Gasteiger partial charge in [-0.2, -0.15) is 0 Å². The Morgan fingerprint density at radius 2 is 1.96 bits per heavy atom. The molecule has 122 valence electrons.